The summed E-state index contributed by atoms with van der Waals surface area (Å²) in [6, 6.07) is 0. The first-order valence-corrected chi connectivity index (χ1v) is 7.76. The van der Waals surface area contributed by atoms with Crippen molar-refractivity contribution >= 4 is 11.9 Å². The zero-order valence-electron chi connectivity index (χ0n) is 14.4. The number of halogens is 2. The van der Waals surface area contributed by atoms with Gasteiger partial charge in [-0.1, -0.05) is 27.7 Å². The average Bonchev–Trinajstić information content (AvgIpc) is 3.03. The topological polar surface area (TPSA) is 77.6 Å². The normalized spacial score (nSPS) is 11.8. The van der Waals surface area contributed by atoms with Crippen LogP contribution in [-0.4, -0.2) is 30.5 Å². The van der Waals surface area contributed by atoms with E-state index in [1.807, 2.05) is 27.7 Å². The molecular formula is C15H22F2N6O. The fourth-order valence-corrected chi connectivity index (χ4v) is 2.22. The Bertz CT molecular complexity index is 720. The number of anilines is 1. The van der Waals surface area contributed by atoms with Crippen molar-refractivity contribution in [1.29, 1.82) is 0 Å². The molecule has 0 atom stereocenters. The van der Waals surface area contributed by atoms with Crippen LogP contribution in [0.3, 0.4) is 0 Å². The molecule has 0 aliphatic rings. The maximum atomic E-state index is 13.4. The molecule has 0 aromatic carbocycles. The van der Waals surface area contributed by atoms with Crippen molar-refractivity contribution in [3.63, 3.8) is 0 Å². The van der Waals surface area contributed by atoms with Crippen LogP contribution in [0.1, 0.15) is 61.9 Å². The molecule has 24 heavy (non-hydrogen) atoms. The third kappa shape index (κ3) is 3.77. The number of aryl methyl sites for hydroxylation is 1. The van der Waals surface area contributed by atoms with Gasteiger partial charge in [0.25, 0.3) is 12.3 Å². The molecule has 0 saturated carbocycles. The second-order valence-corrected chi connectivity index (χ2v) is 6.35. The van der Waals surface area contributed by atoms with E-state index < -0.39 is 12.3 Å². The summed E-state index contributed by atoms with van der Waals surface area (Å²) in [6.45, 7) is 7.94. The van der Waals surface area contributed by atoms with Crippen molar-refractivity contribution in [2.75, 3.05) is 5.32 Å². The van der Waals surface area contributed by atoms with Crippen molar-refractivity contribution in [2.45, 2.75) is 46.6 Å². The predicted molar refractivity (Wildman–Crippen MR) is 85.1 cm³/mol. The number of carbonyl (C=O) groups is 1. The fourth-order valence-electron chi connectivity index (χ4n) is 2.22. The Morgan fingerprint density at radius 1 is 1.29 bits per heavy atom. The summed E-state index contributed by atoms with van der Waals surface area (Å²) in [4.78, 5) is 16.6. The van der Waals surface area contributed by atoms with E-state index in [9.17, 15) is 13.6 Å². The number of rotatable bonds is 6. The molecule has 2 aromatic rings. The monoisotopic (exact) mass is 340 g/mol. The number of aromatic nitrogens is 5. The van der Waals surface area contributed by atoms with Gasteiger partial charge in [0.2, 0.25) is 5.95 Å². The maximum absolute atomic E-state index is 13.4. The van der Waals surface area contributed by atoms with Crippen LogP contribution >= 0.6 is 0 Å². The van der Waals surface area contributed by atoms with E-state index in [-0.39, 0.29) is 29.0 Å². The molecule has 2 rings (SSSR count). The van der Waals surface area contributed by atoms with Crippen LogP contribution in [0, 0.1) is 5.92 Å². The second kappa shape index (κ2) is 7.06. The summed E-state index contributed by atoms with van der Waals surface area (Å²) in [7, 11) is 1.63. The van der Waals surface area contributed by atoms with Crippen LogP contribution in [0.15, 0.2) is 6.20 Å². The number of carbonyl (C=O) groups excluding carboxylic acids is 1. The Hall–Kier alpha value is -2.32. The summed E-state index contributed by atoms with van der Waals surface area (Å²) < 4.78 is 29.4. The van der Waals surface area contributed by atoms with Gasteiger partial charge in [-0.05, 0) is 5.92 Å². The lowest BCUT2D eigenvalue weighted by Gasteiger charge is -2.10. The minimum atomic E-state index is -2.79. The quantitative estimate of drug-likeness (QED) is 0.877. The molecule has 0 radical (unpaired) electrons. The van der Waals surface area contributed by atoms with E-state index in [1.165, 1.54) is 15.6 Å². The highest BCUT2D eigenvalue weighted by molar-refractivity contribution is 6.04. The summed E-state index contributed by atoms with van der Waals surface area (Å²) in [5.74, 6) is 0.321. The molecule has 0 aliphatic heterocycles. The van der Waals surface area contributed by atoms with Gasteiger partial charge >= 0.3 is 0 Å². The second-order valence-electron chi connectivity index (χ2n) is 6.35. The first-order valence-electron chi connectivity index (χ1n) is 7.76. The third-order valence-corrected chi connectivity index (χ3v) is 3.39. The van der Waals surface area contributed by atoms with Gasteiger partial charge in [-0.25, -0.2) is 13.5 Å². The van der Waals surface area contributed by atoms with Crippen LogP contribution in [0.25, 0.3) is 0 Å². The molecule has 0 aliphatic carbocycles. The minimum Gasteiger partial charge on any atom is -0.290 e. The smallest absolute Gasteiger partial charge is 0.280 e. The molecule has 132 valence electrons. The van der Waals surface area contributed by atoms with Gasteiger partial charge in [-0.2, -0.15) is 15.2 Å². The van der Waals surface area contributed by atoms with Gasteiger partial charge in [0, 0.05) is 19.5 Å². The summed E-state index contributed by atoms with van der Waals surface area (Å²) >= 11 is 0. The van der Waals surface area contributed by atoms with Crippen molar-refractivity contribution in [3.05, 3.63) is 23.3 Å². The molecule has 1 N–H and O–H groups in total. The number of hydrogen-bond acceptors (Lipinski definition) is 4. The molecular weight excluding hydrogens is 318 g/mol. The highest BCUT2D eigenvalue weighted by Gasteiger charge is 2.26. The van der Waals surface area contributed by atoms with E-state index in [4.69, 9.17) is 0 Å². The Labute approximate surface area is 139 Å². The number of hydrogen-bond donors (Lipinski definition) is 1. The Kier molecular flexibility index (Phi) is 5.30. The Balaban J connectivity index is 2.28. The largest absolute Gasteiger partial charge is 0.290 e. The first kappa shape index (κ1) is 18.0. The molecule has 0 unspecified atom stereocenters. The van der Waals surface area contributed by atoms with Crippen LogP contribution in [0.2, 0.25) is 0 Å². The molecule has 0 bridgehead atoms. The molecule has 0 spiro atoms. The van der Waals surface area contributed by atoms with E-state index in [0.717, 1.165) is 0 Å². The van der Waals surface area contributed by atoms with Crippen molar-refractivity contribution < 1.29 is 13.6 Å². The van der Waals surface area contributed by atoms with Gasteiger partial charge in [0.15, 0.2) is 5.82 Å². The van der Waals surface area contributed by atoms with Crippen molar-refractivity contribution in [2.24, 2.45) is 13.0 Å². The zero-order valence-corrected chi connectivity index (χ0v) is 14.4. The summed E-state index contributed by atoms with van der Waals surface area (Å²) in [5.41, 5.74) is -0.535. The Morgan fingerprint density at radius 2 is 1.96 bits per heavy atom. The molecule has 7 nitrogen and oxygen atoms in total. The van der Waals surface area contributed by atoms with E-state index in [0.29, 0.717) is 12.4 Å². The lowest BCUT2D eigenvalue weighted by molar-refractivity contribution is 0.100. The van der Waals surface area contributed by atoms with Crippen LogP contribution < -0.4 is 5.32 Å². The van der Waals surface area contributed by atoms with E-state index in [1.54, 1.807) is 7.05 Å². The van der Waals surface area contributed by atoms with E-state index in [2.05, 4.69) is 20.5 Å². The van der Waals surface area contributed by atoms with Gasteiger partial charge < -0.3 is 0 Å². The minimum absolute atomic E-state index is 0.0901. The van der Waals surface area contributed by atoms with Gasteiger partial charge in [-0.3, -0.25) is 14.8 Å². The standard InChI is InChI=1S/C15H22F2N6O/c1-8(2)7-23-11(12(16)17)10(6-18-23)14(24)20-15-19-13(9(3)4)21-22(15)5/h6,8-9,12H,7H2,1-5H3,(H,19,20,21,24). The number of nitrogens with zero attached hydrogens (tertiary/aromatic N) is 5. The molecule has 1 amide bonds. The highest BCUT2D eigenvalue weighted by atomic mass is 19.3. The van der Waals surface area contributed by atoms with Gasteiger partial charge in [0.1, 0.15) is 5.69 Å². The lowest BCUT2D eigenvalue weighted by Crippen LogP contribution is -2.18. The van der Waals surface area contributed by atoms with Crippen molar-refractivity contribution in [1.82, 2.24) is 24.5 Å². The Morgan fingerprint density at radius 3 is 2.46 bits per heavy atom. The SMILES string of the molecule is CC(C)Cn1ncc(C(=O)Nc2nc(C(C)C)nn2C)c1C(F)F. The molecule has 2 aromatic heterocycles. The first-order chi connectivity index (χ1) is 11.2. The fraction of sp³-hybridized carbons (Fsp3) is 0.600. The van der Waals surface area contributed by atoms with Crippen molar-refractivity contribution in [3.8, 4) is 0 Å². The lowest BCUT2D eigenvalue weighted by atomic mass is 10.2. The van der Waals surface area contributed by atoms with Crippen LogP contribution in [0.5, 0.6) is 0 Å². The summed E-state index contributed by atoms with van der Waals surface area (Å²) in [6.07, 6.45) is -1.63. The molecule has 0 fully saturated rings. The van der Waals surface area contributed by atoms with Gasteiger partial charge in [-0.15, -0.1) is 0 Å². The predicted octanol–water partition coefficient (Wildman–Crippen LogP) is 2.98. The highest BCUT2D eigenvalue weighted by Crippen LogP contribution is 2.24. The molecule has 9 heteroatoms. The number of nitrogens with one attached hydrogen (secondary N) is 1. The maximum Gasteiger partial charge on any atom is 0.280 e. The van der Waals surface area contributed by atoms with Crippen LogP contribution in [0.4, 0.5) is 14.7 Å². The number of amides is 1. The third-order valence-electron chi connectivity index (χ3n) is 3.39. The van der Waals surface area contributed by atoms with Crippen LogP contribution in [-0.2, 0) is 13.6 Å². The number of alkyl halides is 2. The summed E-state index contributed by atoms with van der Waals surface area (Å²) in [5, 5.41) is 10.6. The average molecular weight is 340 g/mol. The molecule has 0 saturated heterocycles. The van der Waals surface area contributed by atoms with Gasteiger partial charge in [0.05, 0.1) is 11.8 Å². The van der Waals surface area contributed by atoms with E-state index >= 15 is 0 Å². The molecule has 2 heterocycles. The zero-order chi connectivity index (χ0) is 18.0.